The van der Waals surface area contributed by atoms with Crippen molar-refractivity contribution in [2.24, 2.45) is 0 Å². The lowest BCUT2D eigenvalue weighted by Crippen LogP contribution is -2.03. The maximum Gasteiger partial charge on any atom is 0.161 e. The minimum atomic E-state index is -0.0602. The lowest BCUT2D eigenvalue weighted by Gasteiger charge is -2.18. The van der Waals surface area contributed by atoms with Crippen molar-refractivity contribution in [2.45, 2.75) is 5.92 Å². The predicted octanol–water partition coefficient (Wildman–Crippen LogP) is 5.55. The predicted molar refractivity (Wildman–Crippen MR) is 105 cm³/mol. The summed E-state index contributed by atoms with van der Waals surface area (Å²) >= 11 is 8.18. The Balaban J connectivity index is 2.15. The lowest BCUT2D eigenvalue weighted by atomic mass is 9.89. The van der Waals surface area contributed by atoms with Crippen LogP contribution < -0.4 is 9.47 Å². The second-order valence-corrected chi connectivity index (χ2v) is 8.57. The maximum absolute atomic E-state index is 11.5. The first kappa shape index (κ1) is 17.8. The first-order valence-electron chi connectivity index (χ1n) is 7.53. The van der Waals surface area contributed by atoms with E-state index >= 15 is 0 Å². The molecule has 3 nitrogen and oxygen atoms in total. The Morgan fingerprint density at radius 3 is 1.76 bits per heavy atom. The quantitative estimate of drug-likeness (QED) is 0.410. The molecular weight excluding hydrogens is 372 g/mol. The van der Waals surface area contributed by atoms with Gasteiger partial charge in [-0.15, -0.1) is 22.7 Å². The van der Waals surface area contributed by atoms with Crippen molar-refractivity contribution in [3.63, 3.8) is 0 Å². The zero-order chi connectivity index (χ0) is 17.8. The van der Waals surface area contributed by atoms with Crippen LogP contribution in [0, 0.1) is 3.14 Å². The van der Waals surface area contributed by atoms with Crippen molar-refractivity contribution >= 4 is 41.2 Å². The molecular formula is C19H16O3S3. The molecule has 25 heavy (non-hydrogen) atoms. The van der Waals surface area contributed by atoms with Gasteiger partial charge in [0.1, 0.15) is 14.6 Å². The van der Waals surface area contributed by atoms with E-state index < -0.39 is 0 Å². The van der Waals surface area contributed by atoms with Crippen LogP contribution in [-0.4, -0.2) is 20.5 Å². The standard InChI is InChI=1S/C19H16O3S3/c1-21-14-7-3-12(4-8-14)17(13-5-9-15(22-2)10-6-13)18-16(11-20)24-19(23)25-18/h3-11,17H,1-2H3. The number of carbonyl (C=O) groups excluding carboxylic acids is 1. The molecule has 3 rings (SSSR count). The summed E-state index contributed by atoms with van der Waals surface area (Å²) < 4.78 is 11.3. The molecule has 0 N–H and O–H groups in total. The van der Waals surface area contributed by atoms with Crippen molar-refractivity contribution in [2.75, 3.05) is 14.2 Å². The molecule has 0 radical (unpaired) electrons. The summed E-state index contributed by atoms with van der Waals surface area (Å²) in [5, 5.41) is 0. The van der Waals surface area contributed by atoms with Crippen molar-refractivity contribution in [3.8, 4) is 11.5 Å². The number of rotatable bonds is 6. The van der Waals surface area contributed by atoms with Crippen LogP contribution in [0.5, 0.6) is 11.5 Å². The first-order valence-corrected chi connectivity index (χ1v) is 9.57. The van der Waals surface area contributed by atoms with Crippen LogP contribution >= 0.6 is 34.9 Å². The molecule has 1 heterocycles. The molecule has 2 aromatic carbocycles. The van der Waals surface area contributed by atoms with E-state index in [9.17, 15) is 4.79 Å². The average Bonchev–Trinajstić information content (AvgIpc) is 3.03. The zero-order valence-electron chi connectivity index (χ0n) is 13.7. The van der Waals surface area contributed by atoms with Crippen LogP contribution in [-0.2, 0) is 0 Å². The van der Waals surface area contributed by atoms with E-state index in [1.165, 1.54) is 22.7 Å². The highest BCUT2D eigenvalue weighted by Gasteiger charge is 2.22. The SMILES string of the molecule is COc1ccc(C(c2ccc(OC)cc2)c2sc(=S)sc2C=O)cc1. The monoisotopic (exact) mass is 388 g/mol. The van der Waals surface area contributed by atoms with Gasteiger partial charge in [-0.2, -0.15) is 0 Å². The highest BCUT2D eigenvalue weighted by atomic mass is 32.2. The Labute approximate surface area is 159 Å². The molecule has 0 bridgehead atoms. The minimum Gasteiger partial charge on any atom is -0.497 e. The van der Waals surface area contributed by atoms with E-state index in [2.05, 4.69) is 0 Å². The van der Waals surface area contributed by atoms with E-state index in [0.29, 0.717) is 4.88 Å². The van der Waals surface area contributed by atoms with Crippen LogP contribution in [0.2, 0.25) is 0 Å². The van der Waals surface area contributed by atoms with Crippen molar-refractivity contribution in [1.82, 2.24) is 0 Å². The first-order chi connectivity index (χ1) is 12.2. The van der Waals surface area contributed by atoms with Gasteiger partial charge < -0.3 is 9.47 Å². The van der Waals surface area contributed by atoms with Crippen LogP contribution in [0.1, 0.15) is 31.6 Å². The molecule has 0 aliphatic heterocycles. The number of benzene rings is 2. The Kier molecular flexibility index (Phi) is 5.63. The number of aldehydes is 1. The smallest absolute Gasteiger partial charge is 0.161 e. The van der Waals surface area contributed by atoms with E-state index in [0.717, 1.165) is 36.9 Å². The summed E-state index contributed by atoms with van der Waals surface area (Å²) in [4.78, 5) is 13.2. The van der Waals surface area contributed by atoms with E-state index in [1.807, 2.05) is 48.5 Å². The van der Waals surface area contributed by atoms with Gasteiger partial charge in [0, 0.05) is 10.8 Å². The van der Waals surface area contributed by atoms with E-state index in [-0.39, 0.29) is 5.92 Å². The van der Waals surface area contributed by atoms with Gasteiger partial charge in [0.05, 0.1) is 19.1 Å². The summed E-state index contributed by atoms with van der Waals surface area (Å²) in [7, 11) is 3.29. The Morgan fingerprint density at radius 1 is 0.880 bits per heavy atom. The molecule has 0 atom stereocenters. The number of carbonyl (C=O) groups is 1. The average molecular weight is 389 g/mol. The van der Waals surface area contributed by atoms with Crippen molar-refractivity contribution in [1.29, 1.82) is 0 Å². The Bertz CT molecular complexity index is 861. The third kappa shape index (κ3) is 3.81. The molecule has 0 saturated heterocycles. The highest BCUT2D eigenvalue weighted by molar-refractivity contribution is 7.76. The highest BCUT2D eigenvalue weighted by Crippen LogP contribution is 2.40. The largest absolute Gasteiger partial charge is 0.497 e. The van der Waals surface area contributed by atoms with Gasteiger partial charge in [-0.3, -0.25) is 4.79 Å². The van der Waals surface area contributed by atoms with Gasteiger partial charge in [0.25, 0.3) is 0 Å². The van der Waals surface area contributed by atoms with Gasteiger partial charge >= 0.3 is 0 Å². The summed E-state index contributed by atoms with van der Waals surface area (Å²) in [6, 6.07) is 15.8. The number of hydrogen-bond acceptors (Lipinski definition) is 6. The number of ether oxygens (including phenoxy) is 2. The maximum atomic E-state index is 11.5. The van der Waals surface area contributed by atoms with Crippen LogP contribution in [0.15, 0.2) is 48.5 Å². The molecule has 1 aromatic heterocycles. The fourth-order valence-electron chi connectivity index (χ4n) is 2.67. The second-order valence-electron chi connectivity index (χ2n) is 5.28. The van der Waals surface area contributed by atoms with Gasteiger partial charge in [0.15, 0.2) is 6.29 Å². The van der Waals surface area contributed by atoms with Crippen molar-refractivity contribution in [3.05, 3.63) is 72.5 Å². The summed E-state index contributed by atoms with van der Waals surface area (Å²) in [5.41, 5.74) is 2.16. The molecule has 128 valence electrons. The van der Waals surface area contributed by atoms with Crippen LogP contribution in [0.3, 0.4) is 0 Å². The molecule has 3 aromatic rings. The summed E-state index contributed by atoms with van der Waals surface area (Å²) in [6.07, 6.45) is 0.895. The lowest BCUT2D eigenvalue weighted by molar-refractivity contribution is 0.112. The van der Waals surface area contributed by atoms with Gasteiger partial charge in [-0.25, -0.2) is 0 Å². The fourth-order valence-corrected chi connectivity index (χ4v) is 5.33. The second kappa shape index (κ2) is 7.91. The van der Waals surface area contributed by atoms with Gasteiger partial charge in [-0.05, 0) is 35.4 Å². The zero-order valence-corrected chi connectivity index (χ0v) is 16.2. The molecule has 6 heteroatoms. The third-order valence-electron chi connectivity index (χ3n) is 3.90. The molecule has 0 fully saturated rings. The fraction of sp³-hybridized carbons (Fsp3) is 0.158. The number of hydrogen-bond donors (Lipinski definition) is 0. The minimum absolute atomic E-state index is 0.0602. The topological polar surface area (TPSA) is 35.5 Å². The van der Waals surface area contributed by atoms with Gasteiger partial charge in [0.2, 0.25) is 0 Å². The summed E-state index contributed by atoms with van der Waals surface area (Å²) in [5.74, 6) is 1.53. The molecule has 0 aliphatic carbocycles. The normalized spacial score (nSPS) is 10.7. The third-order valence-corrected chi connectivity index (χ3v) is 6.57. The van der Waals surface area contributed by atoms with E-state index in [1.54, 1.807) is 14.2 Å². The number of methoxy groups -OCH3 is 2. The van der Waals surface area contributed by atoms with Gasteiger partial charge in [-0.1, -0.05) is 36.5 Å². The van der Waals surface area contributed by atoms with E-state index in [4.69, 9.17) is 21.7 Å². The Morgan fingerprint density at radius 2 is 1.36 bits per heavy atom. The summed E-state index contributed by atoms with van der Waals surface area (Å²) in [6.45, 7) is 0. The Hall–Kier alpha value is -2.02. The van der Waals surface area contributed by atoms with Crippen molar-refractivity contribution < 1.29 is 14.3 Å². The van der Waals surface area contributed by atoms with Crippen LogP contribution in [0.25, 0.3) is 0 Å². The molecule has 0 saturated carbocycles. The molecule has 0 aliphatic rings. The molecule has 0 amide bonds. The molecule has 0 spiro atoms. The molecule has 0 unspecified atom stereocenters. The van der Waals surface area contributed by atoms with Crippen LogP contribution in [0.4, 0.5) is 0 Å².